The van der Waals surface area contributed by atoms with Crippen molar-refractivity contribution in [1.29, 1.82) is 0 Å². The van der Waals surface area contributed by atoms with Gasteiger partial charge in [0.15, 0.2) is 0 Å². The van der Waals surface area contributed by atoms with E-state index in [4.69, 9.17) is 49.8 Å². The fourth-order valence-electron chi connectivity index (χ4n) is 13.5. The molecule has 1 aliphatic carbocycles. The van der Waals surface area contributed by atoms with E-state index in [2.05, 4.69) is 71.8 Å². The number of rotatable bonds is 11. The molecule has 3 amide bonds. The van der Waals surface area contributed by atoms with Gasteiger partial charge in [0.1, 0.15) is 35.6 Å². The van der Waals surface area contributed by atoms with Crippen molar-refractivity contribution >= 4 is 113 Å². The summed E-state index contributed by atoms with van der Waals surface area (Å²) < 4.78 is 4.78. The normalized spacial score (nSPS) is 19.3. The SMILES string of the molecule is CC(C)C[C@@H]1NC(=O)[C@@H](Cc2c[nH]c3ccccc23)n2c1nc1ccc(Cl)cc1c2=O.CC(C)[C@@H]1NC(=O)[C@@H](Cc2c[nH]c3ccccc23)n2c1nc1ccc(Cl)cc1c2=O.CCC(C)[C@@H]1NC(=O)[C@@H](CC2=CCc3ccccc32)n2c1nc1ccc(Cl)cc1c2=O. The lowest BCUT2D eigenvalue weighted by Gasteiger charge is -2.35. The molecule has 15 rings (SSSR count). The Balaban J connectivity index is 0.000000126. The number of fused-ring (bicyclic) bond motifs is 9. The molecule has 5 N–H and O–H groups in total. The van der Waals surface area contributed by atoms with E-state index in [-0.39, 0.29) is 64.4 Å². The number of carbonyl (C=O) groups is 3. The van der Waals surface area contributed by atoms with Gasteiger partial charge in [-0.15, -0.1) is 0 Å². The summed E-state index contributed by atoms with van der Waals surface area (Å²) in [6.07, 6.45) is 9.64. The van der Waals surface area contributed by atoms with E-state index < -0.39 is 18.1 Å². The minimum absolute atomic E-state index is 0.0888. The molecular weight excluding hydrogens is 1220 g/mol. The molecule has 7 atom stereocenters. The lowest BCUT2D eigenvalue weighted by molar-refractivity contribution is -0.127. The highest BCUT2D eigenvalue weighted by Gasteiger charge is 2.41. The number of aromatic nitrogens is 8. The van der Waals surface area contributed by atoms with Crippen molar-refractivity contribution < 1.29 is 14.4 Å². The molecule has 8 heterocycles. The zero-order chi connectivity index (χ0) is 64.4. The Kier molecular flexibility index (Phi) is 16.9. The van der Waals surface area contributed by atoms with Crippen LogP contribution in [0.15, 0.2) is 160 Å². The molecule has 6 aromatic carbocycles. The Bertz CT molecular complexity index is 5000. The first kappa shape index (κ1) is 61.7. The van der Waals surface area contributed by atoms with Crippen molar-refractivity contribution in [2.24, 2.45) is 17.8 Å². The first-order chi connectivity index (χ1) is 44.3. The Morgan fingerprint density at radius 1 is 0.500 bits per heavy atom. The van der Waals surface area contributed by atoms with Gasteiger partial charge >= 0.3 is 0 Å². The van der Waals surface area contributed by atoms with Crippen LogP contribution in [0, 0.1) is 17.8 Å². The molecule has 0 fully saturated rings. The molecule has 468 valence electrons. The molecule has 4 aliphatic rings. The topological polar surface area (TPSA) is 224 Å². The summed E-state index contributed by atoms with van der Waals surface area (Å²) >= 11 is 18.5. The highest BCUT2D eigenvalue weighted by molar-refractivity contribution is 6.32. The predicted molar refractivity (Wildman–Crippen MR) is 363 cm³/mol. The van der Waals surface area contributed by atoms with Crippen LogP contribution in [0.1, 0.15) is 137 Å². The second-order valence-corrected chi connectivity index (χ2v) is 26.5. The Hall–Kier alpha value is -9.16. The molecule has 17 nitrogen and oxygen atoms in total. The number of nitrogens with one attached hydrogen (secondary N) is 5. The third-order valence-corrected chi connectivity index (χ3v) is 19.1. The lowest BCUT2D eigenvalue weighted by Crippen LogP contribution is -2.49. The van der Waals surface area contributed by atoms with Crippen LogP contribution in [0.4, 0.5) is 0 Å². The Morgan fingerprint density at radius 2 is 0.935 bits per heavy atom. The second-order valence-electron chi connectivity index (χ2n) is 25.2. The summed E-state index contributed by atoms with van der Waals surface area (Å²) in [4.78, 5) is 101. The summed E-state index contributed by atoms with van der Waals surface area (Å²) in [5, 5.41) is 14.2. The highest BCUT2D eigenvalue weighted by Crippen LogP contribution is 2.39. The maximum atomic E-state index is 13.6. The molecule has 3 aliphatic heterocycles. The monoisotopic (exact) mass is 1290 g/mol. The summed E-state index contributed by atoms with van der Waals surface area (Å²) in [5.41, 5.74) is 8.60. The molecule has 1 unspecified atom stereocenters. The third kappa shape index (κ3) is 11.5. The van der Waals surface area contributed by atoms with Gasteiger partial charge in [-0.3, -0.25) is 42.5 Å². The minimum atomic E-state index is -0.683. The van der Waals surface area contributed by atoms with Crippen LogP contribution in [0.5, 0.6) is 0 Å². The van der Waals surface area contributed by atoms with Crippen LogP contribution in [-0.2, 0) is 33.6 Å². The summed E-state index contributed by atoms with van der Waals surface area (Å²) in [6.45, 7) is 12.3. The molecule has 20 heteroatoms. The zero-order valence-corrected chi connectivity index (χ0v) is 53.8. The summed E-state index contributed by atoms with van der Waals surface area (Å²) in [6, 6.07) is 36.5. The van der Waals surface area contributed by atoms with Crippen LogP contribution < -0.4 is 32.6 Å². The smallest absolute Gasteiger partial charge is 0.262 e. The van der Waals surface area contributed by atoms with Crippen LogP contribution in [-0.4, -0.2) is 56.3 Å². The first-order valence-electron chi connectivity index (χ1n) is 31.3. The van der Waals surface area contributed by atoms with E-state index in [0.717, 1.165) is 56.9 Å². The number of hydrogen-bond acceptors (Lipinski definition) is 9. The van der Waals surface area contributed by atoms with Crippen molar-refractivity contribution in [1.82, 2.24) is 54.6 Å². The van der Waals surface area contributed by atoms with E-state index in [9.17, 15) is 28.8 Å². The Labute approximate surface area is 544 Å². The molecule has 0 bridgehead atoms. The van der Waals surface area contributed by atoms with E-state index in [1.807, 2.05) is 86.9 Å². The highest BCUT2D eigenvalue weighted by atomic mass is 35.5. The molecule has 5 aromatic heterocycles. The number of benzene rings is 6. The average molecular weight is 1290 g/mol. The average Bonchev–Trinajstić information content (AvgIpc) is 0.963. The van der Waals surface area contributed by atoms with Crippen LogP contribution >= 0.6 is 34.8 Å². The van der Waals surface area contributed by atoms with E-state index >= 15 is 0 Å². The fraction of sp³-hybridized carbons (Fsp3) is 0.292. The quantitative estimate of drug-likeness (QED) is 0.0829. The predicted octanol–water partition coefficient (Wildman–Crippen LogP) is 13.5. The number of aromatic amines is 2. The number of hydrogen-bond donors (Lipinski definition) is 5. The van der Waals surface area contributed by atoms with Crippen molar-refractivity contribution in [2.45, 2.75) is 116 Å². The molecule has 0 saturated heterocycles. The number of H-pyrrole nitrogens is 2. The van der Waals surface area contributed by atoms with Gasteiger partial charge in [0.25, 0.3) is 16.7 Å². The van der Waals surface area contributed by atoms with Crippen molar-refractivity contribution in [3.63, 3.8) is 0 Å². The van der Waals surface area contributed by atoms with Crippen LogP contribution in [0.25, 0.3) is 60.1 Å². The van der Waals surface area contributed by atoms with Gasteiger partial charge in [0.05, 0.1) is 50.8 Å². The van der Waals surface area contributed by atoms with Crippen molar-refractivity contribution in [2.75, 3.05) is 0 Å². The molecule has 0 saturated carbocycles. The van der Waals surface area contributed by atoms with Gasteiger partial charge in [0.2, 0.25) is 17.7 Å². The minimum Gasteiger partial charge on any atom is -0.361 e. The number of allylic oxidation sites excluding steroid dienone is 2. The van der Waals surface area contributed by atoms with Crippen molar-refractivity contribution in [3.05, 3.63) is 232 Å². The van der Waals surface area contributed by atoms with Gasteiger partial charge < -0.3 is 25.9 Å². The van der Waals surface area contributed by atoms with Gasteiger partial charge in [-0.2, -0.15) is 0 Å². The lowest BCUT2D eigenvalue weighted by atomic mass is 9.92. The van der Waals surface area contributed by atoms with Gasteiger partial charge in [-0.05, 0) is 125 Å². The van der Waals surface area contributed by atoms with Gasteiger partial charge in [0, 0.05) is 68.5 Å². The third-order valence-electron chi connectivity index (χ3n) is 18.4. The largest absolute Gasteiger partial charge is 0.361 e. The number of amides is 3. The molecule has 0 radical (unpaired) electrons. The molecule has 11 aromatic rings. The number of nitrogens with zero attached hydrogens (tertiary/aromatic N) is 6. The van der Waals surface area contributed by atoms with Crippen molar-refractivity contribution in [3.8, 4) is 0 Å². The van der Waals surface area contributed by atoms with E-state index in [1.165, 1.54) is 5.56 Å². The fourth-order valence-corrected chi connectivity index (χ4v) is 14.0. The van der Waals surface area contributed by atoms with Gasteiger partial charge in [-0.1, -0.05) is 150 Å². The standard InChI is InChI=1S/C25H24ClN3O2.C24H23ClN4O2.C23H21ClN4O2/c1-3-14(2)22-23-27-20-11-10-17(26)13-19(20)25(31)29(23)21(24(30)28-22)12-16-9-8-15-6-4-5-7-18(15)16;1-13(2)9-20-22-27-19-8-7-15(25)11-17(19)24(31)29(22)21(23(30)28-20)10-14-12-26-18-6-4-3-5-16(14)18;1-12(2)20-21-26-18-8-7-14(24)10-16(18)23(30)28(21)19(22(29)27-20)9-13-11-25-17-6-4-3-5-15(13)17/h4-7,9-11,13-14,21-22H,3,8,12H2,1-2H3,(H,28,30);3-8,11-13,20-21,26H,9-10H2,1-2H3,(H,28,30);3-8,10-12,19-20,25H,9H2,1-2H3,(H,27,29)/t14?,21-,22+;20-,21+;19-,20+/m101/s1. The zero-order valence-electron chi connectivity index (χ0n) is 51.6. The van der Waals surface area contributed by atoms with Gasteiger partial charge in [-0.25, -0.2) is 15.0 Å². The number of halogens is 3. The maximum absolute atomic E-state index is 13.6. The first-order valence-corrected chi connectivity index (χ1v) is 32.4. The molecular formula is C72H68Cl3N11O6. The van der Waals surface area contributed by atoms with E-state index in [1.54, 1.807) is 68.3 Å². The van der Waals surface area contributed by atoms with E-state index in [0.29, 0.717) is 96.9 Å². The number of carbonyl (C=O) groups excluding carboxylic acids is 3. The van der Waals surface area contributed by atoms with Crippen LogP contribution in [0.3, 0.4) is 0 Å². The number of para-hydroxylation sites is 2. The molecule has 0 spiro atoms. The second kappa shape index (κ2) is 25.1. The van der Waals surface area contributed by atoms with Crippen LogP contribution in [0.2, 0.25) is 15.1 Å². The summed E-state index contributed by atoms with van der Waals surface area (Å²) in [7, 11) is 0. The maximum Gasteiger partial charge on any atom is 0.262 e. The molecule has 92 heavy (non-hydrogen) atoms. The summed E-state index contributed by atoms with van der Waals surface area (Å²) in [5.74, 6) is 1.95. The Morgan fingerprint density at radius 3 is 1.43 bits per heavy atom.